The van der Waals surface area contributed by atoms with Gasteiger partial charge in [-0.15, -0.1) is 0 Å². The Balaban J connectivity index is 1.45. The van der Waals surface area contributed by atoms with E-state index in [1.807, 2.05) is 24.3 Å². The Bertz CT molecular complexity index is 683. The van der Waals surface area contributed by atoms with Crippen molar-refractivity contribution in [2.24, 2.45) is 0 Å². The molecule has 0 unspecified atom stereocenters. The predicted molar refractivity (Wildman–Crippen MR) is 87.9 cm³/mol. The summed E-state index contributed by atoms with van der Waals surface area (Å²) in [5, 5.41) is 4.93. The van der Waals surface area contributed by atoms with E-state index in [1.54, 1.807) is 12.0 Å². The minimum absolute atomic E-state index is 0.0250. The summed E-state index contributed by atoms with van der Waals surface area (Å²) in [6.07, 6.45) is 0.818. The van der Waals surface area contributed by atoms with Gasteiger partial charge in [-0.25, -0.2) is 4.79 Å². The summed E-state index contributed by atoms with van der Waals surface area (Å²) in [5.41, 5.74) is 0.0602. The molecule has 0 bridgehead atoms. The topological polar surface area (TPSA) is 97.0 Å². The average Bonchev–Trinajstić information content (AvgIpc) is 2.88. The molecule has 4 amide bonds. The molecule has 2 heterocycles. The van der Waals surface area contributed by atoms with E-state index < -0.39 is 11.6 Å². The van der Waals surface area contributed by atoms with Crippen LogP contribution in [0.4, 0.5) is 4.79 Å². The summed E-state index contributed by atoms with van der Waals surface area (Å²) in [6, 6.07) is 7.00. The standard InChI is InChI=1S/C17H21N3O5/c1-24-13-4-2-3-12(9-13)10-25-11-14(21)20-7-5-17(6-8-20)15(22)18-16(23)19-17/h2-4,9H,5-8,10-11H2,1H3,(H2,18,19,22,23). The Kier molecular flexibility index (Phi) is 4.89. The first kappa shape index (κ1) is 17.2. The van der Waals surface area contributed by atoms with E-state index in [0.29, 0.717) is 32.5 Å². The number of rotatable bonds is 5. The number of imide groups is 1. The van der Waals surface area contributed by atoms with Crippen molar-refractivity contribution in [1.29, 1.82) is 0 Å². The van der Waals surface area contributed by atoms with E-state index >= 15 is 0 Å². The van der Waals surface area contributed by atoms with Crippen molar-refractivity contribution in [2.75, 3.05) is 26.8 Å². The van der Waals surface area contributed by atoms with Gasteiger partial charge < -0.3 is 19.7 Å². The maximum absolute atomic E-state index is 12.2. The highest BCUT2D eigenvalue weighted by molar-refractivity contribution is 6.07. The van der Waals surface area contributed by atoms with E-state index in [9.17, 15) is 14.4 Å². The van der Waals surface area contributed by atoms with Crippen molar-refractivity contribution >= 4 is 17.8 Å². The van der Waals surface area contributed by atoms with Crippen LogP contribution in [0.2, 0.25) is 0 Å². The van der Waals surface area contributed by atoms with E-state index in [-0.39, 0.29) is 18.4 Å². The van der Waals surface area contributed by atoms with Gasteiger partial charge in [0.1, 0.15) is 17.9 Å². The largest absolute Gasteiger partial charge is 0.497 e. The third-order valence-electron chi connectivity index (χ3n) is 4.61. The minimum Gasteiger partial charge on any atom is -0.497 e. The lowest BCUT2D eigenvalue weighted by Crippen LogP contribution is -2.56. The van der Waals surface area contributed by atoms with Crippen LogP contribution in [-0.4, -0.2) is 55.1 Å². The molecule has 2 fully saturated rings. The smallest absolute Gasteiger partial charge is 0.322 e. The monoisotopic (exact) mass is 347 g/mol. The van der Waals surface area contributed by atoms with Crippen molar-refractivity contribution in [1.82, 2.24) is 15.5 Å². The molecule has 0 radical (unpaired) electrons. The summed E-state index contributed by atoms with van der Waals surface area (Å²) >= 11 is 0. The molecule has 134 valence electrons. The molecule has 0 aliphatic carbocycles. The van der Waals surface area contributed by atoms with Crippen LogP contribution >= 0.6 is 0 Å². The number of carbonyl (C=O) groups is 3. The zero-order valence-corrected chi connectivity index (χ0v) is 14.0. The van der Waals surface area contributed by atoms with Gasteiger partial charge in [0.25, 0.3) is 5.91 Å². The molecule has 8 heteroatoms. The Labute approximate surface area is 145 Å². The Morgan fingerprint density at radius 3 is 2.68 bits per heavy atom. The number of urea groups is 1. The molecule has 3 rings (SSSR count). The van der Waals surface area contributed by atoms with Gasteiger partial charge in [0.05, 0.1) is 13.7 Å². The number of amides is 4. The molecule has 1 aromatic rings. The van der Waals surface area contributed by atoms with Crippen LogP contribution in [0.25, 0.3) is 0 Å². The van der Waals surface area contributed by atoms with Crippen molar-refractivity contribution in [3.63, 3.8) is 0 Å². The lowest BCUT2D eigenvalue weighted by atomic mass is 9.88. The highest BCUT2D eigenvalue weighted by Gasteiger charge is 2.48. The number of hydrogen-bond acceptors (Lipinski definition) is 5. The van der Waals surface area contributed by atoms with Gasteiger partial charge in [0, 0.05) is 13.1 Å². The number of methoxy groups -OCH3 is 1. The molecule has 1 aromatic carbocycles. The van der Waals surface area contributed by atoms with E-state index in [0.717, 1.165) is 11.3 Å². The molecule has 0 atom stereocenters. The number of hydrogen-bond donors (Lipinski definition) is 2. The van der Waals surface area contributed by atoms with Crippen molar-refractivity contribution in [3.05, 3.63) is 29.8 Å². The predicted octanol–water partition coefficient (Wildman–Crippen LogP) is 0.412. The fourth-order valence-electron chi connectivity index (χ4n) is 3.13. The maximum atomic E-state index is 12.2. The Morgan fingerprint density at radius 1 is 1.28 bits per heavy atom. The van der Waals surface area contributed by atoms with E-state index in [2.05, 4.69) is 10.6 Å². The Morgan fingerprint density at radius 2 is 2.04 bits per heavy atom. The molecule has 2 aliphatic rings. The maximum Gasteiger partial charge on any atom is 0.322 e. The van der Waals surface area contributed by atoms with Gasteiger partial charge in [0.2, 0.25) is 5.91 Å². The minimum atomic E-state index is -0.866. The van der Waals surface area contributed by atoms with Crippen molar-refractivity contribution in [2.45, 2.75) is 25.0 Å². The highest BCUT2D eigenvalue weighted by atomic mass is 16.5. The summed E-state index contributed by atoms with van der Waals surface area (Å²) in [7, 11) is 1.60. The summed E-state index contributed by atoms with van der Waals surface area (Å²) in [5.74, 6) is 0.312. The number of likely N-dealkylation sites (tertiary alicyclic amines) is 1. The average molecular weight is 347 g/mol. The number of nitrogens with zero attached hydrogens (tertiary/aromatic N) is 1. The normalized spacial score (nSPS) is 18.8. The van der Waals surface area contributed by atoms with Crippen LogP contribution in [0, 0.1) is 0 Å². The first-order valence-corrected chi connectivity index (χ1v) is 8.14. The van der Waals surface area contributed by atoms with Gasteiger partial charge >= 0.3 is 6.03 Å². The number of piperidine rings is 1. The summed E-state index contributed by atoms with van der Waals surface area (Å²) in [4.78, 5) is 37.1. The summed E-state index contributed by atoms with van der Waals surface area (Å²) in [6.45, 7) is 1.12. The fourth-order valence-corrected chi connectivity index (χ4v) is 3.13. The first-order chi connectivity index (χ1) is 12.0. The van der Waals surface area contributed by atoms with Gasteiger partial charge in [-0.2, -0.15) is 0 Å². The molecule has 8 nitrogen and oxygen atoms in total. The zero-order chi connectivity index (χ0) is 17.9. The quantitative estimate of drug-likeness (QED) is 0.752. The number of carbonyl (C=O) groups excluding carboxylic acids is 3. The van der Waals surface area contributed by atoms with Gasteiger partial charge in [-0.3, -0.25) is 14.9 Å². The van der Waals surface area contributed by atoms with Crippen LogP contribution < -0.4 is 15.4 Å². The van der Waals surface area contributed by atoms with Crippen LogP contribution in [0.15, 0.2) is 24.3 Å². The molecule has 2 N–H and O–H groups in total. The van der Waals surface area contributed by atoms with Crippen LogP contribution in [0.3, 0.4) is 0 Å². The molecular formula is C17H21N3O5. The number of benzene rings is 1. The van der Waals surface area contributed by atoms with Gasteiger partial charge in [-0.05, 0) is 30.5 Å². The molecular weight excluding hydrogens is 326 g/mol. The number of nitrogens with one attached hydrogen (secondary N) is 2. The lowest BCUT2D eigenvalue weighted by Gasteiger charge is -2.36. The van der Waals surface area contributed by atoms with Crippen molar-refractivity contribution < 1.29 is 23.9 Å². The van der Waals surface area contributed by atoms with Crippen molar-refractivity contribution in [3.8, 4) is 5.75 Å². The molecule has 2 aliphatic heterocycles. The SMILES string of the molecule is COc1cccc(COCC(=O)N2CCC3(CC2)NC(=O)NC3=O)c1. The lowest BCUT2D eigenvalue weighted by molar-refractivity contribution is -0.140. The van der Waals surface area contributed by atoms with E-state index in [1.165, 1.54) is 0 Å². The first-order valence-electron chi connectivity index (χ1n) is 8.14. The van der Waals surface area contributed by atoms with Gasteiger partial charge in [0.15, 0.2) is 0 Å². The van der Waals surface area contributed by atoms with Gasteiger partial charge in [-0.1, -0.05) is 12.1 Å². The fraction of sp³-hybridized carbons (Fsp3) is 0.471. The molecule has 0 saturated carbocycles. The number of ether oxygens (including phenoxy) is 2. The second-order valence-corrected chi connectivity index (χ2v) is 6.22. The second-order valence-electron chi connectivity index (χ2n) is 6.22. The van der Waals surface area contributed by atoms with Crippen LogP contribution in [0.5, 0.6) is 5.75 Å². The molecule has 1 spiro atoms. The third kappa shape index (κ3) is 3.74. The second kappa shape index (κ2) is 7.10. The molecule has 2 saturated heterocycles. The zero-order valence-electron chi connectivity index (χ0n) is 14.0. The Hall–Kier alpha value is -2.61. The molecule has 0 aromatic heterocycles. The van der Waals surface area contributed by atoms with Crippen LogP contribution in [-0.2, 0) is 20.9 Å². The summed E-state index contributed by atoms with van der Waals surface area (Å²) < 4.78 is 10.6. The van der Waals surface area contributed by atoms with E-state index in [4.69, 9.17) is 9.47 Å². The highest BCUT2D eigenvalue weighted by Crippen LogP contribution is 2.25. The molecule has 25 heavy (non-hydrogen) atoms. The third-order valence-corrected chi connectivity index (χ3v) is 4.61. The van der Waals surface area contributed by atoms with Crippen LogP contribution in [0.1, 0.15) is 18.4 Å².